The van der Waals surface area contributed by atoms with Crippen LogP contribution in [0, 0.1) is 0 Å². The van der Waals surface area contributed by atoms with Crippen molar-refractivity contribution in [1.29, 1.82) is 0 Å². The first-order valence-corrected chi connectivity index (χ1v) is 10.8. The minimum absolute atomic E-state index is 0.289. The van der Waals surface area contributed by atoms with Crippen LogP contribution < -0.4 is 4.90 Å². The largest absolute Gasteiger partial charge is 0.370 e. The summed E-state index contributed by atoms with van der Waals surface area (Å²) in [5.74, 6) is 0.289. The molecule has 5 nitrogen and oxygen atoms in total. The molecule has 1 amide bonds. The first kappa shape index (κ1) is 19.9. The van der Waals surface area contributed by atoms with Crippen LogP contribution in [0.2, 0.25) is 0 Å². The van der Waals surface area contributed by atoms with Crippen molar-refractivity contribution in [1.82, 2.24) is 14.7 Å². The number of anilines is 1. The fourth-order valence-corrected chi connectivity index (χ4v) is 4.31. The van der Waals surface area contributed by atoms with Gasteiger partial charge >= 0.3 is 0 Å². The van der Waals surface area contributed by atoms with E-state index in [1.165, 1.54) is 11.3 Å². The van der Waals surface area contributed by atoms with Crippen molar-refractivity contribution in [3.63, 3.8) is 0 Å². The van der Waals surface area contributed by atoms with Crippen LogP contribution in [-0.2, 0) is 11.3 Å². The number of hydrogen-bond acceptors (Lipinski definition) is 4. The summed E-state index contributed by atoms with van der Waals surface area (Å²) in [5.41, 5.74) is 2.63. The molecule has 2 aliphatic heterocycles. The Bertz CT molecular complexity index is 759. The minimum Gasteiger partial charge on any atom is -0.370 e. The van der Waals surface area contributed by atoms with Crippen LogP contribution in [0.1, 0.15) is 12.0 Å². The van der Waals surface area contributed by atoms with Gasteiger partial charge in [0.05, 0.1) is 6.54 Å². The highest BCUT2D eigenvalue weighted by Crippen LogP contribution is 2.16. The molecule has 0 atom stereocenters. The molecule has 2 aliphatic rings. The van der Waals surface area contributed by atoms with Gasteiger partial charge in [0.25, 0.3) is 0 Å². The molecular weight excluding hydrogens is 360 g/mol. The average molecular weight is 393 g/mol. The Morgan fingerprint density at radius 2 is 1.34 bits per heavy atom. The highest BCUT2D eigenvalue weighted by molar-refractivity contribution is 5.78. The van der Waals surface area contributed by atoms with Gasteiger partial charge in [-0.3, -0.25) is 14.6 Å². The molecular formula is C24H32N4O. The second-order valence-electron chi connectivity index (χ2n) is 8.09. The lowest BCUT2D eigenvalue weighted by Crippen LogP contribution is -2.51. The lowest BCUT2D eigenvalue weighted by Gasteiger charge is -2.35. The number of rotatable bonds is 5. The van der Waals surface area contributed by atoms with Crippen molar-refractivity contribution in [3.05, 3.63) is 66.2 Å². The van der Waals surface area contributed by atoms with Gasteiger partial charge in [-0.05, 0) is 24.1 Å². The van der Waals surface area contributed by atoms with Crippen LogP contribution in [0.4, 0.5) is 5.69 Å². The van der Waals surface area contributed by atoms with E-state index in [-0.39, 0.29) is 5.91 Å². The summed E-state index contributed by atoms with van der Waals surface area (Å²) in [6.45, 7) is 9.15. The number of nitrogens with zero attached hydrogens (tertiary/aromatic N) is 4. The van der Waals surface area contributed by atoms with E-state index in [2.05, 4.69) is 80.3 Å². The van der Waals surface area contributed by atoms with E-state index in [9.17, 15) is 4.79 Å². The summed E-state index contributed by atoms with van der Waals surface area (Å²) in [5, 5.41) is 0. The molecule has 0 unspecified atom stereocenters. The highest BCUT2D eigenvalue weighted by atomic mass is 16.2. The zero-order chi connectivity index (χ0) is 19.9. The molecule has 154 valence electrons. The third-order valence-corrected chi connectivity index (χ3v) is 6.04. The van der Waals surface area contributed by atoms with Gasteiger partial charge in [0.1, 0.15) is 0 Å². The number of carbonyl (C=O) groups is 1. The second-order valence-corrected chi connectivity index (χ2v) is 8.09. The molecule has 5 heteroatoms. The first-order valence-electron chi connectivity index (χ1n) is 10.8. The SMILES string of the molecule is O=C(CN1CCCN(c2ccccc2)CC1)N1CCN(Cc2ccccc2)CC1. The molecule has 2 fully saturated rings. The summed E-state index contributed by atoms with van der Waals surface area (Å²) >= 11 is 0. The van der Waals surface area contributed by atoms with E-state index in [4.69, 9.17) is 0 Å². The maximum atomic E-state index is 12.8. The molecule has 0 aliphatic carbocycles. The van der Waals surface area contributed by atoms with E-state index in [1.54, 1.807) is 0 Å². The topological polar surface area (TPSA) is 30.0 Å². The summed E-state index contributed by atoms with van der Waals surface area (Å²) < 4.78 is 0. The van der Waals surface area contributed by atoms with Gasteiger partial charge in [0.2, 0.25) is 5.91 Å². The number of carbonyl (C=O) groups excluding carboxylic acids is 1. The lowest BCUT2D eigenvalue weighted by molar-refractivity contribution is -0.134. The molecule has 2 heterocycles. The standard InChI is InChI=1S/C24H32N4O/c29-24(28-18-15-26(16-19-28)20-22-8-3-1-4-9-22)21-25-12-7-13-27(17-14-25)23-10-5-2-6-11-23/h1-6,8-11H,7,12-21H2. The van der Waals surface area contributed by atoms with Crippen molar-refractivity contribution >= 4 is 11.6 Å². The zero-order valence-electron chi connectivity index (χ0n) is 17.2. The van der Waals surface area contributed by atoms with Gasteiger partial charge in [0.15, 0.2) is 0 Å². The minimum atomic E-state index is 0.289. The Morgan fingerprint density at radius 3 is 2.07 bits per heavy atom. The Hall–Kier alpha value is -2.37. The Kier molecular flexibility index (Phi) is 6.80. The predicted molar refractivity (Wildman–Crippen MR) is 118 cm³/mol. The Balaban J connectivity index is 1.22. The molecule has 0 bridgehead atoms. The summed E-state index contributed by atoms with van der Waals surface area (Å²) in [6, 6.07) is 21.2. The van der Waals surface area contributed by atoms with Gasteiger partial charge in [-0.1, -0.05) is 48.5 Å². The third kappa shape index (κ3) is 5.58. The van der Waals surface area contributed by atoms with Crippen LogP contribution in [0.5, 0.6) is 0 Å². The van der Waals surface area contributed by atoms with Gasteiger partial charge in [-0.25, -0.2) is 0 Å². The summed E-state index contributed by atoms with van der Waals surface area (Å²) in [4.78, 5) is 22.1. The van der Waals surface area contributed by atoms with E-state index in [1.807, 2.05) is 0 Å². The quantitative estimate of drug-likeness (QED) is 0.782. The number of piperazine rings is 1. The second kappa shape index (κ2) is 9.90. The average Bonchev–Trinajstić information content (AvgIpc) is 3.01. The van der Waals surface area contributed by atoms with E-state index in [0.717, 1.165) is 65.3 Å². The van der Waals surface area contributed by atoms with Gasteiger partial charge < -0.3 is 9.80 Å². The fourth-order valence-electron chi connectivity index (χ4n) is 4.31. The third-order valence-electron chi connectivity index (χ3n) is 6.04. The van der Waals surface area contributed by atoms with Crippen LogP contribution in [-0.4, -0.2) is 79.5 Å². The molecule has 0 N–H and O–H groups in total. The van der Waals surface area contributed by atoms with Crippen molar-refractivity contribution in [2.24, 2.45) is 0 Å². The molecule has 29 heavy (non-hydrogen) atoms. The van der Waals surface area contributed by atoms with Gasteiger partial charge in [0, 0.05) is 64.6 Å². The summed E-state index contributed by atoms with van der Waals surface area (Å²) in [7, 11) is 0. The van der Waals surface area contributed by atoms with E-state index in [0.29, 0.717) is 6.54 Å². The molecule has 0 saturated carbocycles. The van der Waals surface area contributed by atoms with E-state index < -0.39 is 0 Å². The van der Waals surface area contributed by atoms with Crippen molar-refractivity contribution in [3.8, 4) is 0 Å². The van der Waals surface area contributed by atoms with Crippen molar-refractivity contribution < 1.29 is 4.79 Å². The smallest absolute Gasteiger partial charge is 0.236 e. The Morgan fingerprint density at radius 1 is 0.690 bits per heavy atom. The molecule has 0 aromatic heterocycles. The molecule has 0 spiro atoms. The zero-order valence-corrected chi connectivity index (χ0v) is 17.2. The highest BCUT2D eigenvalue weighted by Gasteiger charge is 2.24. The normalized spacial score (nSPS) is 19.2. The molecule has 2 saturated heterocycles. The molecule has 4 rings (SSSR count). The van der Waals surface area contributed by atoms with Crippen LogP contribution >= 0.6 is 0 Å². The van der Waals surface area contributed by atoms with Crippen LogP contribution in [0.25, 0.3) is 0 Å². The van der Waals surface area contributed by atoms with E-state index >= 15 is 0 Å². The lowest BCUT2D eigenvalue weighted by atomic mass is 10.2. The first-order chi connectivity index (χ1) is 14.3. The fraction of sp³-hybridized carbons (Fsp3) is 0.458. The van der Waals surface area contributed by atoms with Crippen molar-refractivity contribution in [2.45, 2.75) is 13.0 Å². The monoisotopic (exact) mass is 392 g/mol. The molecule has 0 radical (unpaired) electrons. The van der Waals surface area contributed by atoms with Crippen LogP contribution in [0.15, 0.2) is 60.7 Å². The number of benzene rings is 2. The number of hydrogen-bond donors (Lipinski definition) is 0. The number of amides is 1. The van der Waals surface area contributed by atoms with Crippen LogP contribution in [0.3, 0.4) is 0 Å². The molecule has 2 aromatic rings. The maximum absolute atomic E-state index is 12.8. The summed E-state index contributed by atoms with van der Waals surface area (Å²) in [6.07, 6.45) is 1.10. The van der Waals surface area contributed by atoms with Gasteiger partial charge in [-0.2, -0.15) is 0 Å². The predicted octanol–water partition coefficient (Wildman–Crippen LogP) is 2.54. The number of para-hydroxylation sites is 1. The van der Waals surface area contributed by atoms with Crippen molar-refractivity contribution in [2.75, 3.05) is 63.8 Å². The Labute approximate surface area is 174 Å². The molecule has 2 aromatic carbocycles. The van der Waals surface area contributed by atoms with Gasteiger partial charge in [-0.15, -0.1) is 0 Å². The maximum Gasteiger partial charge on any atom is 0.236 e.